The molecule has 214 valence electrons. The van der Waals surface area contributed by atoms with Gasteiger partial charge in [-0.1, -0.05) is 18.2 Å². The molecule has 2 saturated heterocycles. The number of hydrogen-bond donors (Lipinski definition) is 0. The van der Waals surface area contributed by atoms with Crippen LogP contribution in [0.5, 0.6) is 5.88 Å². The molecule has 3 aliphatic heterocycles. The average molecular weight is 549 g/mol. The number of rotatable bonds is 9. The maximum absolute atomic E-state index is 14.9. The summed E-state index contributed by atoms with van der Waals surface area (Å²) in [6, 6.07) is 8.15. The molecule has 0 bridgehead atoms. The number of nitrogens with zero attached hydrogens (tertiary/aromatic N) is 6. The van der Waals surface area contributed by atoms with E-state index in [4.69, 9.17) is 14.5 Å². The summed E-state index contributed by atoms with van der Waals surface area (Å²) in [6.45, 7) is 14.0. The monoisotopic (exact) mass is 548 g/mol. The van der Waals surface area contributed by atoms with Crippen molar-refractivity contribution in [2.75, 3.05) is 69.5 Å². The Morgan fingerprint density at radius 3 is 2.77 bits per heavy atom. The highest BCUT2D eigenvalue weighted by atomic mass is 19.1. The van der Waals surface area contributed by atoms with Gasteiger partial charge in [0.2, 0.25) is 5.88 Å². The standard InChI is InChI=1S/C31H41FN6O2/c1-5-16-39-21-36-14-15-38(23(3)18-36)30-25-11-13-37(29-22(2)8-6-10-27(29)32)19-28(25)34-31(26(30)17-33)40-20-24-9-7-12-35(24)4/h5-6,8,10,23-24H,1,7,9,11-16,18-21H2,2-4H3/t23-,24-/m0/s1. The third kappa shape index (κ3) is 5.80. The van der Waals surface area contributed by atoms with Crippen LogP contribution in [0.3, 0.4) is 0 Å². The molecule has 0 aliphatic carbocycles. The molecule has 8 nitrogen and oxygen atoms in total. The number of nitriles is 1. The van der Waals surface area contributed by atoms with Crippen LogP contribution in [-0.4, -0.2) is 86.6 Å². The van der Waals surface area contributed by atoms with Gasteiger partial charge < -0.3 is 24.2 Å². The first-order chi connectivity index (χ1) is 19.4. The fourth-order valence-electron chi connectivity index (χ4n) is 6.38. The minimum Gasteiger partial charge on any atom is -0.475 e. The summed E-state index contributed by atoms with van der Waals surface area (Å²) >= 11 is 0. The number of likely N-dealkylation sites (tertiary alicyclic amines) is 1. The van der Waals surface area contributed by atoms with Crippen LogP contribution in [0.1, 0.15) is 42.1 Å². The molecular formula is C31H41FN6O2. The van der Waals surface area contributed by atoms with Gasteiger partial charge in [-0.3, -0.25) is 4.90 Å². The van der Waals surface area contributed by atoms with E-state index in [1.54, 1.807) is 12.1 Å². The second-order valence-corrected chi connectivity index (χ2v) is 11.3. The van der Waals surface area contributed by atoms with E-state index in [9.17, 15) is 9.65 Å². The average Bonchev–Trinajstić information content (AvgIpc) is 3.35. The smallest absolute Gasteiger partial charge is 0.234 e. The second kappa shape index (κ2) is 12.5. The van der Waals surface area contributed by atoms with Crippen LogP contribution in [-0.2, 0) is 17.7 Å². The van der Waals surface area contributed by atoms with Crippen LogP contribution in [0.25, 0.3) is 0 Å². The zero-order valence-corrected chi connectivity index (χ0v) is 24.0. The summed E-state index contributed by atoms with van der Waals surface area (Å²) in [5, 5.41) is 10.5. The van der Waals surface area contributed by atoms with E-state index < -0.39 is 0 Å². The van der Waals surface area contributed by atoms with Crippen molar-refractivity contribution >= 4 is 11.4 Å². The zero-order valence-electron chi connectivity index (χ0n) is 24.0. The number of para-hydroxylation sites is 1. The first kappa shape index (κ1) is 28.3. The molecule has 0 unspecified atom stereocenters. The normalized spacial score (nSPS) is 21.8. The largest absolute Gasteiger partial charge is 0.475 e. The number of halogens is 1. The Morgan fingerprint density at radius 2 is 2.08 bits per heavy atom. The molecule has 0 spiro atoms. The maximum atomic E-state index is 14.9. The summed E-state index contributed by atoms with van der Waals surface area (Å²) in [5.74, 6) is 0.175. The van der Waals surface area contributed by atoms with Crippen molar-refractivity contribution in [1.82, 2.24) is 14.8 Å². The van der Waals surface area contributed by atoms with Gasteiger partial charge >= 0.3 is 0 Å². The number of benzene rings is 1. The Morgan fingerprint density at radius 1 is 1.23 bits per heavy atom. The number of pyridine rings is 1. The number of ether oxygens (including phenoxy) is 2. The lowest BCUT2D eigenvalue weighted by Crippen LogP contribution is -2.53. The van der Waals surface area contributed by atoms with Crippen molar-refractivity contribution in [3.8, 4) is 11.9 Å². The molecule has 1 aromatic carbocycles. The van der Waals surface area contributed by atoms with Crippen LogP contribution in [0.15, 0.2) is 30.9 Å². The third-order valence-corrected chi connectivity index (χ3v) is 8.50. The Hall–Kier alpha value is -3.19. The molecular weight excluding hydrogens is 507 g/mol. The first-order valence-corrected chi connectivity index (χ1v) is 14.4. The summed E-state index contributed by atoms with van der Waals surface area (Å²) in [7, 11) is 2.12. The minimum atomic E-state index is -0.221. The molecule has 1 aromatic heterocycles. The zero-order chi connectivity index (χ0) is 28.2. The number of anilines is 2. The van der Waals surface area contributed by atoms with E-state index in [1.807, 2.05) is 13.0 Å². The van der Waals surface area contributed by atoms with Gasteiger partial charge in [0.1, 0.15) is 24.1 Å². The minimum absolute atomic E-state index is 0.167. The van der Waals surface area contributed by atoms with Gasteiger partial charge in [0.25, 0.3) is 0 Å². The van der Waals surface area contributed by atoms with Crippen molar-refractivity contribution < 1.29 is 13.9 Å². The summed E-state index contributed by atoms with van der Waals surface area (Å²) in [5.41, 5.74) is 4.92. The Bertz CT molecular complexity index is 1240. The van der Waals surface area contributed by atoms with Gasteiger partial charge in [-0.25, -0.2) is 9.37 Å². The molecule has 2 aromatic rings. The fourth-order valence-corrected chi connectivity index (χ4v) is 6.38. The molecule has 2 atom stereocenters. The van der Waals surface area contributed by atoms with Crippen molar-refractivity contribution in [3.63, 3.8) is 0 Å². The number of aryl methyl sites for hydroxylation is 1. The van der Waals surface area contributed by atoms with E-state index >= 15 is 0 Å². The van der Waals surface area contributed by atoms with E-state index in [1.165, 1.54) is 6.07 Å². The van der Waals surface area contributed by atoms with Gasteiger partial charge in [0.15, 0.2) is 0 Å². The topological polar surface area (TPSA) is 68.1 Å². The highest BCUT2D eigenvalue weighted by Crippen LogP contribution is 2.39. The number of hydrogen-bond acceptors (Lipinski definition) is 8. The van der Waals surface area contributed by atoms with Crippen LogP contribution in [0.2, 0.25) is 0 Å². The summed E-state index contributed by atoms with van der Waals surface area (Å²) in [6.07, 6.45) is 4.66. The third-order valence-electron chi connectivity index (χ3n) is 8.50. The van der Waals surface area contributed by atoms with Crippen molar-refractivity contribution in [1.29, 1.82) is 5.26 Å². The molecule has 3 aliphatic rings. The van der Waals surface area contributed by atoms with Gasteiger partial charge in [-0.15, -0.1) is 6.58 Å². The van der Waals surface area contributed by atoms with Crippen LogP contribution < -0.4 is 14.5 Å². The number of piperazine rings is 1. The number of likely N-dealkylation sites (N-methyl/N-ethyl adjacent to an activating group) is 1. The highest BCUT2D eigenvalue weighted by Gasteiger charge is 2.34. The Balaban J connectivity index is 1.49. The molecule has 0 radical (unpaired) electrons. The van der Waals surface area contributed by atoms with E-state index in [0.29, 0.717) is 62.6 Å². The number of aromatic nitrogens is 1. The SMILES string of the molecule is C=CCOCN1CCN(c2c(C#N)c(OC[C@@H]3CCCN3C)nc3c2CCN(c2c(C)cccc2F)C3)[C@@H](C)C1. The lowest BCUT2D eigenvalue weighted by molar-refractivity contribution is 0.0338. The lowest BCUT2D eigenvalue weighted by Gasteiger charge is -2.43. The quantitative estimate of drug-likeness (QED) is 0.343. The van der Waals surface area contributed by atoms with Crippen LogP contribution in [0.4, 0.5) is 15.8 Å². The van der Waals surface area contributed by atoms with Crippen LogP contribution in [0, 0.1) is 24.1 Å². The Labute approximate surface area is 237 Å². The predicted octanol–water partition coefficient (Wildman–Crippen LogP) is 4.11. The van der Waals surface area contributed by atoms with Gasteiger partial charge in [-0.2, -0.15) is 5.26 Å². The number of fused-ring (bicyclic) bond motifs is 1. The molecule has 4 heterocycles. The van der Waals surface area contributed by atoms with Crippen molar-refractivity contribution in [2.24, 2.45) is 0 Å². The Kier molecular flexibility index (Phi) is 8.89. The van der Waals surface area contributed by atoms with E-state index in [2.05, 4.69) is 46.2 Å². The lowest BCUT2D eigenvalue weighted by atomic mass is 9.96. The predicted molar refractivity (Wildman–Crippen MR) is 155 cm³/mol. The summed E-state index contributed by atoms with van der Waals surface area (Å²) in [4.78, 5) is 14.0. The molecule has 0 saturated carbocycles. The second-order valence-electron chi connectivity index (χ2n) is 11.3. The molecule has 2 fully saturated rings. The summed E-state index contributed by atoms with van der Waals surface area (Å²) < 4.78 is 27.0. The van der Waals surface area contributed by atoms with Gasteiger partial charge in [-0.05, 0) is 58.3 Å². The van der Waals surface area contributed by atoms with E-state index in [-0.39, 0.29) is 11.9 Å². The fraction of sp³-hybridized carbons (Fsp3) is 0.548. The van der Waals surface area contributed by atoms with Gasteiger partial charge in [0.05, 0.1) is 37.0 Å². The maximum Gasteiger partial charge on any atom is 0.234 e. The van der Waals surface area contributed by atoms with Gasteiger partial charge in [0, 0.05) is 43.8 Å². The van der Waals surface area contributed by atoms with Crippen LogP contribution >= 0.6 is 0 Å². The van der Waals surface area contributed by atoms with Crippen molar-refractivity contribution in [2.45, 2.75) is 51.7 Å². The highest BCUT2D eigenvalue weighted by molar-refractivity contribution is 5.71. The molecule has 5 rings (SSSR count). The first-order valence-electron chi connectivity index (χ1n) is 14.4. The van der Waals surface area contributed by atoms with Crippen molar-refractivity contribution in [3.05, 3.63) is 59.1 Å². The molecule has 9 heteroatoms. The molecule has 0 N–H and O–H groups in total. The van der Waals surface area contributed by atoms with E-state index in [0.717, 1.165) is 61.5 Å². The molecule has 40 heavy (non-hydrogen) atoms. The molecule has 0 amide bonds.